The van der Waals surface area contributed by atoms with Gasteiger partial charge in [-0.3, -0.25) is 14.6 Å². The van der Waals surface area contributed by atoms with Crippen molar-refractivity contribution in [3.8, 4) is 0 Å². The largest absolute Gasteiger partial charge is 0.461 e. The fourth-order valence-electron chi connectivity index (χ4n) is 7.44. The fourth-order valence-corrected chi connectivity index (χ4v) is 7.44. The van der Waals surface area contributed by atoms with Gasteiger partial charge in [0.2, 0.25) is 0 Å². The average molecular weight is 475 g/mol. The van der Waals surface area contributed by atoms with Gasteiger partial charge in [-0.25, -0.2) is 0 Å². The van der Waals surface area contributed by atoms with Crippen LogP contribution in [0.15, 0.2) is 60.7 Å². The SMILES string of the molecule is CCN(CC)CC(=O)O[C@@H]1CC2(N3CCCCC3)C[C@@H](c3ccccc3)C1[C@H](c1ccccc1)C2. The lowest BCUT2D eigenvalue weighted by atomic mass is 9.51. The Morgan fingerprint density at radius 1 is 0.857 bits per heavy atom. The predicted octanol–water partition coefficient (Wildman–Crippen LogP) is 5.85. The van der Waals surface area contributed by atoms with Crippen LogP contribution in [-0.2, 0) is 9.53 Å². The highest BCUT2D eigenvalue weighted by Gasteiger charge is 2.59. The van der Waals surface area contributed by atoms with Crippen LogP contribution in [0.2, 0.25) is 0 Å². The molecular formula is C31H42N2O2. The molecular weight excluding hydrogens is 432 g/mol. The van der Waals surface area contributed by atoms with Crippen molar-refractivity contribution in [1.82, 2.24) is 9.80 Å². The summed E-state index contributed by atoms with van der Waals surface area (Å²) < 4.78 is 6.47. The molecule has 2 aromatic carbocycles. The quantitative estimate of drug-likeness (QED) is 0.450. The lowest BCUT2D eigenvalue weighted by Crippen LogP contribution is -2.64. The molecule has 4 heteroatoms. The van der Waals surface area contributed by atoms with Gasteiger partial charge in [-0.2, -0.15) is 0 Å². The minimum absolute atomic E-state index is 0.0436. The highest BCUT2D eigenvalue weighted by Crippen LogP contribution is 2.60. The maximum Gasteiger partial charge on any atom is 0.320 e. The molecule has 1 heterocycles. The first-order valence-electron chi connectivity index (χ1n) is 13.9. The molecule has 2 aromatic rings. The van der Waals surface area contributed by atoms with E-state index in [1.807, 2.05) is 0 Å². The van der Waals surface area contributed by atoms with Gasteiger partial charge in [0.15, 0.2) is 0 Å². The topological polar surface area (TPSA) is 32.8 Å². The van der Waals surface area contributed by atoms with Crippen LogP contribution < -0.4 is 0 Å². The summed E-state index contributed by atoms with van der Waals surface area (Å²) in [7, 11) is 0. The van der Waals surface area contributed by atoms with Crippen molar-refractivity contribution in [2.24, 2.45) is 5.92 Å². The number of ether oxygens (including phenoxy) is 1. The van der Waals surface area contributed by atoms with Gasteiger partial charge in [0.25, 0.3) is 0 Å². The molecule has 0 radical (unpaired) electrons. The molecule has 4 nitrogen and oxygen atoms in total. The lowest BCUT2D eigenvalue weighted by Gasteiger charge is -2.62. The summed E-state index contributed by atoms with van der Waals surface area (Å²) in [6.45, 7) is 8.71. The van der Waals surface area contributed by atoms with Crippen molar-refractivity contribution in [2.75, 3.05) is 32.7 Å². The van der Waals surface area contributed by atoms with Gasteiger partial charge in [0.1, 0.15) is 6.10 Å². The third-order valence-corrected chi connectivity index (χ3v) is 9.15. The first-order chi connectivity index (χ1) is 17.1. The maximum absolute atomic E-state index is 13.2. The molecule has 4 aliphatic rings. The van der Waals surface area contributed by atoms with Gasteiger partial charge >= 0.3 is 5.97 Å². The van der Waals surface area contributed by atoms with Crippen molar-refractivity contribution in [3.05, 3.63) is 71.8 Å². The molecule has 6 rings (SSSR count). The van der Waals surface area contributed by atoms with Gasteiger partial charge in [-0.1, -0.05) is 80.9 Å². The Bertz CT molecular complexity index is 903. The van der Waals surface area contributed by atoms with Crippen molar-refractivity contribution < 1.29 is 9.53 Å². The number of hydrogen-bond donors (Lipinski definition) is 0. The van der Waals surface area contributed by atoms with E-state index in [4.69, 9.17) is 4.74 Å². The molecule has 0 spiro atoms. The van der Waals surface area contributed by atoms with Crippen LogP contribution >= 0.6 is 0 Å². The van der Waals surface area contributed by atoms with Crippen LogP contribution in [0.25, 0.3) is 0 Å². The summed E-state index contributed by atoms with van der Waals surface area (Å²) in [6, 6.07) is 22.1. The van der Waals surface area contributed by atoms with Gasteiger partial charge in [0.05, 0.1) is 6.54 Å². The molecule has 0 N–H and O–H groups in total. The smallest absolute Gasteiger partial charge is 0.320 e. The minimum Gasteiger partial charge on any atom is -0.461 e. The summed E-state index contributed by atoms with van der Waals surface area (Å²) in [4.78, 5) is 18.2. The zero-order chi connectivity index (χ0) is 24.3. The molecule has 4 fully saturated rings. The third kappa shape index (κ3) is 5.06. The Morgan fingerprint density at radius 2 is 1.40 bits per heavy atom. The Labute approximate surface area is 211 Å². The van der Waals surface area contributed by atoms with E-state index >= 15 is 0 Å². The maximum atomic E-state index is 13.2. The van der Waals surface area contributed by atoms with E-state index in [2.05, 4.69) is 84.3 Å². The monoisotopic (exact) mass is 474 g/mol. The van der Waals surface area contributed by atoms with Crippen LogP contribution in [0.3, 0.4) is 0 Å². The van der Waals surface area contributed by atoms with Gasteiger partial charge < -0.3 is 4.74 Å². The number of benzene rings is 2. The van der Waals surface area contributed by atoms with Crippen LogP contribution in [0.4, 0.5) is 0 Å². The molecule has 1 saturated heterocycles. The number of fused-ring (bicyclic) bond motifs is 3. The molecule has 35 heavy (non-hydrogen) atoms. The van der Waals surface area contributed by atoms with E-state index in [0.717, 1.165) is 19.5 Å². The standard InChI is InChI=1S/C31H42N2O2/c1-3-32(4-2)23-29(34)35-28-22-31(33-18-12-7-13-19-33)20-26(24-14-8-5-9-15-24)30(28)27(21-31)25-16-10-6-11-17-25/h5-6,8-11,14-17,26-28,30H,3-4,7,12-13,18-23H2,1-2H3/t26-,27-,28+,30?,31?/m0/s1. The van der Waals surface area contributed by atoms with E-state index in [1.165, 1.54) is 56.3 Å². The van der Waals surface area contributed by atoms with Crippen LogP contribution in [-0.4, -0.2) is 60.1 Å². The zero-order valence-corrected chi connectivity index (χ0v) is 21.6. The molecule has 2 bridgehead atoms. The molecule has 0 amide bonds. The van der Waals surface area contributed by atoms with Crippen molar-refractivity contribution in [3.63, 3.8) is 0 Å². The molecule has 3 aliphatic carbocycles. The summed E-state index contributed by atoms with van der Waals surface area (Å²) in [5.74, 6) is 1.06. The number of carbonyl (C=O) groups is 1. The second-order valence-corrected chi connectivity index (χ2v) is 11.0. The van der Waals surface area contributed by atoms with E-state index in [0.29, 0.717) is 24.3 Å². The van der Waals surface area contributed by atoms with Crippen LogP contribution in [0.1, 0.15) is 75.3 Å². The molecule has 0 unspecified atom stereocenters. The van der Waals surface area contributed by atoms with E-state index in [-0.39, 0.29) is 17.6 Å². The van der Waals surface area contributed by atoms with Crippen molar-refractivity contribution >= 4 is 5.97 Å². The highest BCUT2D eigenvalue weighted by molar-refractivity contribution is 5.72. The zero-order valence-electron chi connectivity index (χ0n) is 21.6. The van der Waals surface area contributed by atoms with Gasteiger partial charge in [-0.05, 0) is 74.8 Å². The normalized spacial score (nSPS) is 30.9. The predicted molar refractivity (Wildman–Crippen MR) is 142 cm³/mol. The van der Waals surface area contributed by atoms with Crippen LogP contribution in [0, 0.1) is 5.92 Å². The summed E-state index contributed by atoms with van der Waals surface area (Å²) in [5, 5.41) is 0. The first-order valence-corrected chi connectivity index (χ1v) is 13.9. The first kappa shape index (κ1) is 24.5. The number of carbonyl (C=O) groups excluding carboxylic acids is 1. The Kier molecular flexibility index (Phi) is 7.59. The van der Waals surface area contributed by atoms with E-state index in [9.17, 15) is 4.79 Å². The molecule has 3 atom stereocenters. The number of likely N-dealkylation sites (N-methyl/N-ethyl adjacent to an activating group) is 1. The summed E-state index contributed by atoms with van der Waals surface area (Å²) in [5.41, 5.74) is 2.91. The Morgan fingerprint density at radius 3 is 1.91 bits per heavy atom. The number of hydrogen-bond acceptors (Lipinski definition) is 4. The van der Waals surface area contributed by atoms with Crippen molar-refractivity contribution in [2.45, 2.75) is 75.9 Å². The third-order valence-electron chi connectivity index (χ3n) is 9.15. The molecule has 0 aromatic heterocycles. The molecule has 1 aliphatic heterocycles. The second-order valence-electron chi connectivity index (χ2n) is 11.0. The number of esters is 1. The van der Waals surface area contributed by atoms with E-state index in [1.54, 1.807) is 0 Å². The molecule has 188 valence electrons. The summed E-state index contributed by atoms with van der Waals surface area (Å²) in [6.07, 6.45) is 7.19. The Balaban J connectivity index is 1.53. The number of piperidine rings is 1. The Hall–Kier alpha value is -2.17. The number of likely N-dealkylation sites (tertiary alicyclic amines) is 1. The number of nitrogens with zero attached hydrogens (tertiary/aromatic N) is 2. The van der Waals surface area contributed by atoms with Gasteiger partial charge in [0, 0.05) is 17.9 Å². The lowest BCUT2D eigenvalue weighted by molar-refractivity contribution is -0.171. The highest BCUT2D eigenvalue weighted by atomic mass is 16.5. The minimum atomic E-state index is -0.0568. The van der Waals surface area contributed by atoms with Crippen LogP contribution in [0.5, 0.6) is 0 Å². The molecule has 3 saturated carbocycles. The second kappa shape index (κ2) is 10.8. The van der Waals surface area contributed by atoms with E-state index < -0.39 is 0 Å². The fraction of sp³-hybridized carbons (Fsp3) is 0.581. The summed E-state index contributed by atoms with van der Waals surface area (Å²) >= 11 is 0. The average Bonchev–Trinajstić information content (AvgIpc) is 2.93. The number of rotatable bonds is 8. The van der Waals surface area contributed by atoms with Gasteiger partial charge in [-0.15, -0.1) is 0 Å². The van der Waals surface area contributed by atoms with Crippen molar-refractivity contribution in [1.29, 1.82) is 0 Å².